The molecule has 0 saturated heterocycles. The molecule has 1 aliphatic rings. The number of nitrogens with zero attached hydrogens (tertiary/aromatic N) is 4. The maximum absolute atomic E-state index is 13.8. The monoisotopic (exact) mass is 544 g/mol. The van der Waals surface area contributed by atoms with Gasteiger partial charge in [0.15, 0.2) is 5.54 Å². The second kappa shape index (κ2) is 13.5. The number of aliphatic hydroxyl groups is 1. The van der Waals surface area contributed by atoms with Crippen LogP contribution in [0.5, 0.6) is 11.5 Å². The Hall–Kier alpha value is -4.57. The molecule has 0 spiro atoms. The van der Waals surface area contributed by atoms with Crippen molar-refractivity contribution in [2.24, 2.45) is 10.1 Å². The Morgan fingerprint density at radius 2 is 1.85 bits per heavy atom. The van der Waals surface area contributed by atoms with E-state index in [1.807, 2.05) is 48.5 Å². The molecular weight excluding hydrogens is 512 g/mol. The van der Waals surface area contributed by atoms with E-state index >= 15 is 0 Å². The Morgan fingerprint density at radius 3 is 2.55 bits per heavy atom. The summed E-state index contributed by atoms with van der Waals surface area (Å²) >= 11 is 0. The maximum atomic E-state index is 13.8. The number of aliphatic hydroxyl groups excluding tert-OH is 1. The lowest BCUT2D eigenvalue weighted by molar-refractivity contribution is -0.129. The van der Waals surface area contributed by atoms with Crippen LogP contribution in [0.25, 0.3) is 10.4 Å². The lowest BCUT2D eigenvalue weighted by Gasteiger charge is -2.28. The predicted octanol–water partition coefficient (Wildman–Crippen LogP) is 4.37. The molecule has 1 amide bonds. The number of hydrogen-bond donors (Lipinski definition) is 3. The number of methoxy groups -OCH3 is 1. The zero-order valence-corrected chi connectivity index (χ0v) is 22.4. The molecule has 0 radical (unpaired) electrons. The average molecular weight is 545 g/mol. The molecule has 11 nitrogen and oxygen atoms in total. The van der Waals surface area contributed by atoms with E-state index in [9.17, 15) is 4.79 Å². The van der Waals surface area contributed by atoms with Crippen molar-refractivity contribution in [3.05, 3.63) is 99.9 Å². The number of ether oxygens (including phenoxy) is 3. The lowest BCUT2D eigenvalue weighted by atomic mass is 9.85. The van der Waals surface area contributed by atoms with E-state index in [-0.39, 0.29) is 18.9 Å². The summed E-state index contributed by atoms with van der Waals surface area (Å²) in [6, 6.07) is 21.8. The molecule has 3 aromatic rings. The molecule has 0 bridgehead atoms. The molecule has 1 heterocycles. The number of benzene rings is 3. The molecule has 3 aromatic carbocycles. The number of hydrogen-bond acceptors (Lipinski definition) is 8. The summed E-state index contributed by atoms with van der Waals surface area (Å²) in [6.07, 6.45) is 0.0480. The second-order valence-electron chi connectivity index (χ2n) is 9.20. The first-order valence-corrected chi connectivity index (χ1v) is 12.9. The number of azide groups is 1. The van der Waals surface area contributed by atoms with Crippen LogP contribution in [0.15, 0.2) is 82.9 Å². The zero-order chi connectivity index (χ0) is 28.4. The van der Waals surface area contributed by atoms with Crippen LogP contribution in [0.3, 0.4) is 0 Å². The smallest absolute Gasteiger partial charge is 0.266 e. The van der Waals surface area contributed by atoms with Crippen molar-refractivity contribution in [1.82, 2.24) is 10.9 Å². The predicted molar refractivity (Wildman–Crippen MR) is 150 cm³/mol. The largest absolute Gasteiger partial charge is 0.497 e. The number of amides is 1. The molecular formula is C29H32N6O5. The summed E-state index contributed by atoms with van der Waals surface area (Å²) in [5.74, 6) is 1.33. The standard InChI is InChI=1S/C29H32N6O5/c1-20-29(18-23-6-3-4-7-26(23)33-35-30,28(37)34-31-19-21-8-12-24(38-2)13-9-21)32-27(40-20)22-10-14-25(15-11-22)39-17-5-16-36/h3-4,6-15,20,31,36H,5,16-19H2,1-2H3,(H,34,37)/t20-,29-/m0/s1. The van der Waals surface area contributed by atoms with Gasteiger partial charge in [-0.05, 0) is 60.0 Å². The third-order valence-corrected chi connectivity index (χ3v) is 6.59. The van der Waals surface area contributed by atoms with Gasteiger partial charge in [0.2, 0.25) is 5.90 Å². The highest BCUT2D eigenvalue weighted by Gasteiger charge is 2.50. The van der Waals surface area contributed by atoms with E-state index < -0.39 is 11.6 Å². The highest BCUT2D eigenvalue weighted by atomic mass is 16.5. The van der Waals surface area contributed by atoms with Crippen LogP contribution in [-0.4, -0.2) is 48.9 Å². The number of carbonyl (C=O) groups is 1. The molecule has 208 valence electrons. The first-order valence-electron chi connectivity index (χ1n) is 12.9. The van der Waals surface area contributed by atoms with Crippen LogP contribution in [0.1, 0.15) is 30.0 Å². The van der Waals surface area contributed by atoms with E-state index in [1.165, 1.54) is 0 Å². The number of nitrogens with one attached hydrogen (secondary N) is 2. The third-order valence-electron chi connectivity index (χ3n) is 6.59. The highest BCUT2D eigenvalue weighted by molar-refractivity contribution is 6.00. The van der Waals surface area contributed by atoms with Gasteiger partial charge < -0.3 is 19.3 Å². The average Bonchev–Trinajstić information content (AvgIpc) is 3.31. The van der Waals surface area contributed by atoms with E-state index in [2.05, 4.69) is 20.9 Å². The van der Waals surface area contributed by atoms with Crippen LogP contribution >= 0.6 is 0 Å². The molecule has 1 aliphatic heterocycles. The highest BCUT2D eigenvalue weighted by Crippen LogP contribution is 2.35. The van der Waals surface area contributed by atoms with Crippen molar-refractivity contribution in [2.75, 3.05) is 20.3 Å². The SMILES string of the molecule is COc1ccc(CNNC(=O)[C@@]2(Cc3ccccc3N=[N+]=[N-])N=C(c3ccc(OCCCO)cc3)O[C@H]2C)cc1. The Morgan fingerprint density at radius 1 is 1.12 bits per heavy atom. The van der Waals surface area contributed by atoms with E-state index in [0.29, 0.717) is 48.0 Å². The quantitative estimate of drug-likeness (QED) is 0.0956. The van der Waals surface area contributed by atoms with E-state index in [0.717, 1.165) is 11.3 Å². The minimum Gasteiger partial charge on any atom is -0.497 e. The van der Waals surface area contributed by atoms with Gasteiger partial charge in [-0.2, -0.15) is 0 Å². The Labute approximate surface area is 232 Å². The van der Waals surface area contributed by atoms with Gasteiger partial charge in [-0.25, -0.2) is 10.4 Å². The van der Waals surface area contributed by atoms with Crippen molar-refractivity contribution in [3.8, 4) is 11.5 Å². The Balaban J connectivity index is 1.59. The molecule has 40 heavy (non-hydrogen) atoms. The number of rotatable bonds is 13. The van der Waals surface area contributed by atoms with Gasteiger partial charge in [0.05, 0.1) is 13.7 Å². The molecule has 3 N–H and O–H groups in total. The topological polar surface area (TPSA) is 150 Å². The first-order chi connectivity index (χ1) is 19.5. The summed E-state index contributed by atoms with van der Waals surface area (Å²) < 4.78 is 17.0. The summed E-state index contributed by atoms with van der Waals surface area (Å²) in [7, 11) is 1.61. The second-order valence-corrected chi connectivity index (χ2v) is 9.20. The number of carbonyl (C=O) groups excluding carboxylic acids is 1. The fraction of sp³-hybridized carbons (Fsp3) is 0.310. The minimum atomic E-state index is -1.35. The number of aliphatic imine (C=N–C) groups is 1. The van der Waals surface area contributed by atoms with Crippen LogP contribution in [-0.2, 0) is 22.5 Å². The molecule has 11 heteroatoms. The van der Waals surface area contributed by atoms with Crippen molar-refractivity contribution in [3.63, 3.8) is 0 Å². The summed E-state index contributed by atoms with van der Waals surface area (Å²) in [5.41, 5.74) is 16.2. The van der Waals surface area contributed by atoms with E-state index in [1.54, 1.807) is 38.3 Å². The van der Waals surface area contributed by atoms with Gasteiger partial charge in [-0.15, -0.1) is 0 Å². The fourth-order valence-corrected chi connectivity index (χ4v) is 4.32. The van der Waals surface area contributed by atoms with Gasteiger partial charge in [-0.3, -0.25) is 10.2 Å². The summed E-state index contributed by atoms with van der Waals surface area (Å²) in [5, 5.41) is 12.8. The molecule has 0 unspecified atom stereocenters. The van der Waals surface area contributed by atoms with Gasteiger partial charge in [0.1, 0.15) is 17.6 Å². The Bertz CT molecular complexity index is 1370. The fourth-order valence-electron chi connectivity index (χ4n) is 4.32. The summed E-state index contributed by atoms with van der Waals surface area (Å²) in [4.78, 5) is 21.6. The molecule has 0 saturated carbocycles. The molecule has 2 atom stereocenters. The molecule has 0 fully saturated rings. The minimum absolute atomic E-state index is 0.0581. The van der Waals surface area contributed by atoms with Gasteiger partial charge in [0, 0.05) is 42.2 Å². The molecule has 4 rings (SSSR count). The van der Waals surface area contributed by atoms with Crippen LogP contribution in [0.2, 0.25) is 0 Å². The zero-order valence-electron chi connectivity index (χ0n) is 22.4. The third kappa shape index (κ3) is 6.70. The van der Waals surface area contributed by atoms with Gasteiger partial charge >= 0.3 is 0 Å². The molecule has 0 aromatic heterocycles. The van der Waals surface area contributed by atoms with Crippen molar-refractivity contribution >= 4 is 17.5 Å². The van der Waals surface area contributed by atoms with Crippen LogP contribution < -0.4 is 20.3 Å². The van der Waals surface area contributed by atoms with E-state index in [4.69, 9.17) is 29.8 Å². The van der Waals surface area contributed by atoms with Gasteiger partial charge in [0.25, 0.3) is 5.91 Å². The van der Waals surface area contributed by atoms with Crippen LogP contribution in [0.4, 0.5) is 5.69 Å². The van der Waals surface area contributed by atoms with Crippen LogP contribution in [0, 0.1) is 0 Å². The van der Waals surface area contributed by atoms with Crippen molar-refractivity contribution < 1.29 is 24.1 Å². The lowest BCUT2D eigenvalue weighted by Crippen LogP contribution is -2.55. The Kier molecular flexibility index (Phi) is 9.58. The normalized spacial score (nSPS) is 17.8. The van der Waals surface area contributed by atoms with Crippen molar-refractivity contribution in [2.45, 2.75) is 38.0 Å². The van der Waals surface area contributed by atoms with Gasteiger partial charge in [-0.1, -0.05) is 41.5 Å². The number of hydrazine groups is 1. The van der Waals surface area contributed by atoms with Crippen molar-refractivity contribution in [1.29, 1.82) is 0 Å². The maximum Gasteiger partial charge on any atom is 0.266 e. The summed E-state index contributed by atoms with van der Waals surface area (Å²) in [6.45, 7) is 2.64. The first kappa shape index (κ1) is 28.4. The molecule has 0 aliphatic carbocycles.